The van der Waals surface area contributed by atoms with E-state index >= 15 is 0 Å². The van der Waals surface area contributed by atoms with Crippen LogP contribution in [0.15, 0.2) is 24.3 Å². The Morgan fingerprint density at radius 3 is 2.32 bits per heavy atom. The van der Waals surface area contributed by atoms with Crippen LogP contribution in [0, 0.1) is 5.41 Å². The molecule has 1 aromatic rings. The number of likely N-dealkylation sites (tertiary alicyclic amines) is 1. The standard InChI is InChI=1S/C18H28N2O2/c1-18(2,3)13-20-11-9-16(10-12-20)19-15-7-5-14(6-8-15)17(21)22-4/h5-8,16,19H,9-13H2,1-4H3. The van der Waals surface area contributed by atoms with E-state index in [-0.39, 0.29) is 5.97 Å². The van der Waals surface area contributed by atoms with Crippen LogP contribution in [0.4, 0.5) is 5.69 Å². The average Bonchev–Trinajstić information content (AvgIpc) is 2.48. The largest absolute Gasteiger partial charge is 0.465 e. The summed E-state index contributed by atoms with van der Waals surface area (Å²) in [6.07, 6.45) is 2.32. The number of hydrogen-bond acceptors (Lipinski definition) is 4. The van der Waals surface area contributed by atoms with Crippen LogP contribution in [-0.2, 0) is 4.74 Å². The minimum atomic E-state index is -0.290. The summed E-state index contributed by atoms with van der Waals surface area (Å²) in [4.78, 5) is 14.0. The molecule has 1 fully saturated rings. The van der Waals surface area contributed by atoms with Crippen LogP contribution in [0.2, 0.25) is 0 Å². The lowest BCUT2D eigenvalue weighted by Crippen LogP contribution is -2.42. The zero-order valence-electron chi connectivity index (χ0n) is 14.2. The minimum absolute atomic E-state index is 0.290. The van der Waals surface area contributed by atoms with Crippen molar-refractivity contribution < 1.29 is 9.53 Å². The van der Waals surface area contributed by atoms with Gasteiger partial charge in [-0.05, 0) is 42.5 Å². The van der Waals surface area contributed by atoms with Crippen molar-refractivity contribution >= 4 is 11.7 Å². The minimum Gasteiger partial charge on any atom is -0.465 e. The molecule has 0 radical (unpaired) electrons. The van der Waals surface area contributed by atoms with Gasteiger partial charge in [-0.1, -0.05) is 20.8 Å². The summed E-state index contributed by atoms with van der Waals surface area (Å²) < 4.78 is 4.71. The van der Waals surface area contributed by atoms with E-state index in [1.807, 2.05) is 24.3 Å². The second kappa shape index (κ2) is 7.14. The molecule has 1 N–H and O–H groups in total. The summed E-state index contributed by atoms with van der Waals surface area (Å²) in [5.74, 6) is -0.290. The molecule has 0 aliphatic carbocycles. The van der Waals surface area contributed by atoms with Crippen molar-refractivity contribution in [3.05, 3.63) is 29.8 Å². The molecule has 4 heteroatoms. The highest BCUT2D eigenvalue weighted by atomic mass is 16.5. The Kier molecular flexibility index (Phi) is 5.46. The lowest BCUT2D eigenvalue weighted by Gasteiger charge is -2.36. The molecule has 0 amide bonds. The SMILES string of the molecule is COC(=O)c1ccc(NC2CCN(CC(C)(C)C)CC2)cc1. The molecule has 1 saturated heterocycles. The molecule has 1 heterocycles. The van der Waals surface area contributed by atoms with Crippen LogP contribution in [-0.4, -0.2) is 43.7 Å². The number of rotatable bonds is 4. The fraction of sp³-hybridized carbons (Fsp3) is 0.611. The van der Waals surface area contributed by atoms with E-state index in [2.05, 4.69) is 31.0 Å². The maximum atomic E-state index is 11.4. The van der Waals surface area contributed by atoms with Gasteiger partial charge < -0.3 is 15.0 Å². The first-order valence-corrected chi connectivity index (χ1v) is 8.05. The van der Waals surface area contributed by atoms with E-state index in [1.165, 1.54) is 7.11 Å². The van der Waals surface area contributed by atoms with Crippen LogP contribution >= 0.6 is 0 Å². The molecule has 1 aliphatic heterocycles. The van der Waals surface area contributed by atoms with Crippen LogP contribution in [0.25, 0.3) is 0 Å². The Balaban J connectivity index is 1.82. The molecule has 1 aromatic carbocycles. The van der Waals surface area contributed by atoms with Gasteiger partial charge in [0, 0.05) is 31.4 Å². The van der Waals surface area contributed by atoms with E-state index in [4.69, 9.17) is 4.74 Å². The van der Waals surface area contributed by atoms with Gasteiger partial charge in [0.25, 0.3) is 0 Å². The third-order valence-corrected chi connectivity index (χ3v) is 3.96. The molecule has 0 unspecified atom stereocenters. The summed E-state index contributed by atoms with van der Waals surface area (Å²) >= 11 is 0. The molecule has 122 valence electrons. The third-order valence-electron chi connectivity index (χ3n) is 3.96. The van der Waals surface area contributed by atoms with Gasteiger partial charge in [-0.15, -0.1) is 0 Å². The van der Waals surface area contributed by atoms with Gasteiger partial charge in [0.05, 0.1) is 12.7 Å². The van der Waals surface area contributed by atoms with Crippen molar-refractivity contribution in [3.63, 3.8) is 0 Å². The molecule has 0 bridgehead atoms. The first kappa shape index (κ1) is 16.8. The van der Waals surface area contributed by atoms with E-state index in [9.17, 15) is 4.79 Å². The number of piperidine rings is 1. The molecule has 0 aromatic heterocycles. The van der Waals surface area contributed by atoms with Crippen LogP contribution < -0.4 is 5.32 Å². The highest BCUT2D eigenvalue weighted by Crippen LogP contribution is 2.21. The second-order valence-electron chi connectivity index (χ2n) is 7.32. The molecule has 0 atom stereocenters. The van der Waals surface area contributed by atoms with Gasteiger partial charge in [-0.3, -0.25) is 0 Å². The quantitative estimate of drug-likeness (QED) is 0.866. The monoisotopic (exact) mass is 304 g/mol. The molecule has 1 aliphatic rings. The number of nitrogens with one attached hydrogen (secondary N) is 1. The first-order valence-electron chi connectivity index (χ1n) is 8.05. The highest BCUT2D eigenvalue weighted by Gasteiger charge is 2.22. The van der Waals surface area contributed by atoms with Crippen molar-refractivity contribution in [1.82, 2.24) is 4.90 Å². The van der Waals surface area contributed by atoms with Crippen molar-refractivity contribution in [2.45, 2.75) is 39.7 Å². The summed E-state index contributed by atoms with van der Waals surface area (Å²) in [6, 6.07) is 8.04. The van der Waals surface area contributed by atoms with Gasteiger partial charge in [-0.2, -0.15) is 0 Å². The fourth-order valence-electron chi connectivity index (χ4n) is 2.96. The zero-order chi connectivity index (χ0) is 16.2. The van der Waals surface area contributed by atoms with Crippen molar-refractivity contribution in [3.8, 4) is 0 Å². The van der Waals surface area contributed by atoms with E-state index < -0.39 is 0 Å². The maximum absolute atomic E-state index is 11.4. The van der Waals surface area contributed by atoms with Gasteiger partial charge in [-0.25, -0.2) is 4.79 Å². The number of anilines is 1. The number of benzene rings is 1. The predicted octanol–water partition coefficient (Wildman–Crippen LogP) is 3.40. The normalized spacial score (nSPS) is 17.3. The fourth-order valence-corrected chi connectivity index (χ4v) is 2.96. The molecular formula is C18H28N2O2. The Hall–Kier alpha value is -1.55. The van der Waals surface area contributed by atoms with Crippen LogP contribution in [0.5, 0.6) is 0 Å². The molecule has 0 saturated carbocycles. The van der Waals surface area contributed by atoms with Crippen LogP contribution in [0.3, 0.4) is 0 Å². The van der Waals surface area contributed by atoms with Gasteiger partial charge in [0.2, 0.25) is 0 Å². The number of hydrogen-bond donors (Lipinski definition) is 1. The van der Waals surface area contributed by atoms with Gasteiger partial charge >= 0.3 is 5.97 Å². The number of carbonyl (C=O) groups excluding carboxylic acids is 1. The summed E-state index contributed by atoms with van der Waals surface area (Å²) in [5.41, 5.74) is 2.03. The van der Waals surface area contributed by atoms with Crippen molar-refractivity contribution in [2.75, 3.05) is 32.1 Å². The number of methoxy groups -OCH3 is 1. The second-order valence-corrected chi connectivity index (χ2v) is 7.32. The van der Waals surface area contributed by atoms with Gasteiger partial charge in [0.15, 0.2) is 0 Å². The van der Waals surface area contributed by atoms with E-state index in [0.717, 1.165) is 38.2 Å². The Labute approximate surface area is 133 Å². The third kappa shape index (κ3) is 5.02. The summed E-state index contributed by atoms with van der Waals surface area (Å²) in [6.45, 7) is 10.3. The Morgan fingerprint density at radius 1 is 1.23 bits per heavy atom. The number of esters is 1. The Bertz CT molecular complexity index is 483. The first-order chi connectivity index (χ1) is 10.4. The summed E-state index contributed by atoms with van der Waals surface area (Å²) in [7, 11) is 1.40. The molecule has 0 spiro atoms. The summed E-state index contributed by atoms with van der Waals surface area (Å²) in [5, 5.41) is 3.57. The van der Waals surface area contributed by atoms with E-state index in [1.54, 1.807) is 0 Å². The van der Waals surface area contributed by atoms with Crippen molar-refractivity contribution in [2.24, 2.45) is 5.41 Å². The molecule has 22 heavy (non-hydrogen) atoms. The smallest absolute Gasteiger partial charge is 0.337 e. The molecule has 4 nitrogen and oxygen atoms in total. The number of nitrogens with zero attached hydrogens (tertiary/aromatic N) is 1. The van der Waals surface area contributed by atoms with Crippen LogP contribution in [0.1, 0.15) is 44.0 Å². The van der Waals surface area contributed by atoms with Gasteiger partial charge in [0.1, 0.15) is 0 Å². The number of ether oxygens (including phenoxy) is 1. The maximum Gasteiger partial charge on any atom is 0.337 e. The topological polar surface area (TPSA) is 41.6 Å². The highest BCUT2D eigenvalue weighted by molar-refractivity contribution is 5.89. The lowest BCUT2D eigenvalue weighted by molar-refractivity contribution is 0.0601. The van der Waals surface area contributed by atoms with E-state index in [0.29, 0.717) is 17.0 Å². The van der Waals surface area contributed by atoms with Crippen molar-refractivity contribution in [1.29, 1.82) is 0 Å². The lowest BCUT2D eigenvalue weighted by atomic mass is 9.94. The Morgan fingerprint density at radius 2 is 1.82 bits per heavy atom. The molecular weight excluding hydrogens is 276 g/mol. The molecule has 2 rings (SSSR count). The predicted molar refractivity (Wildman–Crippen MR) is 90.3 cm³/mol. The zero-order valence-corrected chi connectivity index (χ0v) is 14.2. The number of carbonyl (C=O) groups is 1. The average molecular weight is 304 g/mol.